The van der Waals surface area contributed by atoms with Crippen molar-refractivity contribution in [2.45, 2.75) is 18.8 Å². The summed E-state index contributed by atoms with van der Waals surface area (Å²) in [7, 11) is 0. The molecule has 0 saturated heterocycles. The first kappa shape index (κ1) is 15.2. The highest BCUT2D eigenvalue weighted by atomic mass is 19.4. The summed E-state index contributed by atoms with van der Waals surface area (Å²) in [5, 5.41) is 5.64. The average molecular weight is 327 g/mol. The van der Waals surface area contributed by atoms with Crippen LogP contribution in [0.2, 0.25) is 0 Å². The van der Waals surface area contributed by atoms with Gasteiger partial charge in [0.1, 0.15) is 6.61 Å². The van der Waals surface area contributed by atoms with Gasteiger partial charge in [-0.25, -0.2) is 0 Å². The Labute approximate surface area is 128 Å². The second kappa shape index (κ2) is 5.82. The third kappa shape index (κ3) is 3.55. The second-order valence-electron chi connectivity index (χ2n) is 4.90. The normalized spacial score (nSPS) is 16.9. The fourth-order valence-electron chi connectivity index (χ4n) is 2.09. The molecule has 1 aromatic heterocycles. The molecule has 6 nitrogen and oxygen atoms in total. The van der Waals surface area contributed by atoms with Gasteiger partial charge >= 0.3 is 12.1 Å². The van der Waals surface area contributed by atoms with E-state index in [9.17, 15) is 18.0 Å². The van der Waals surface area contributed by atoms with Gasteiger partial charge < -0.3 is 14.8 Å². The number of nitrogens with one attached hydrogen (secondary N) is 1. The lowest BCUT2D eigenvalue weighted by Crippen LogP contribution is -2.33. The zero-order valence-electron chi connectivity index (χ0n) is 11.7. The van der Waals surface area contributed by atoms with Crippen LogP contribution in [0, 0.1) is 0 Å². The number of ether oxygens (including phenoxy) is 2. The summed E-state index contributed by atoms with van der Waals surface area (Å²) in [6.45, 7) is 0.567. The minimum absolute atomic E-state index is 0.0375. The first-order chi connectivity index (χ1) is 10.9. The Kier molecular flexibility index (Phi) is 3.85. The van der Waals surface area contributed by atoms with Crippen molar-refractivity contribution in [3.63, 3.8) is 0 Å². The van der Waals surface area contributed by atoms with Crippen LogP contribution in [0.1, 0.15) is 0 Å². The van der Waals surface area contributed by atoms with Crippen LogP contribution in [0.5, 0.6) is 11.5 Å². The highest BCUT2D eigenvalue weighted by molar-refractivity contribution is 5.94. The van der Waals surface area contributed by atoms with Crippen molar-refractivity contribution >= 4 is 11.6 Å². The summed E-state index contributed by atoms with van der Waals surface area (Å²) < 4.78 is 49.2. The van der Waals surface area contributed by atoms with Crippen molar-refractivity contribution in [2.24, 2.45) is 0 Å². The number of amides is 1. The molecule has 1 atom stereocenters. The van der Waals surface area contributed by atoms with E-state index in [1.54, 1.807) is 17.4 Å². The molecule has 1 aromatic carbocycles. The molecule has 3 rings (SSSR count). The molecule has 122 valence electrons. The standard InChI is InChI=1S/C14H12F3N3O3/c15-14(16,17)13(21)19-9-5-18-20(6-9)7-10-8-22-11-3-1-2-4-12(11)23-10/h1-6,10H,7-8H2,(H,19,21). The van der Waals surface area contributed by atoms with E-state index in [1.165, 1.54) is 10.9 Å². The Hall–Kier alpha value is -2.71. The van der Waals surface area contributed by atoms with E-state index >= 15 is 0 Å². The van der Waals surface area contributed by atoms with Gasteiger partial charge in [0.15, 0.2) is 17.6 Å². The quantitative estimate of drug-likeness (QED) is 0.939. The molecular formula is C14H12F3N3O3. The smallest absolute Gasteiger partial charge is 0.471 e. The minimum Gasteiger partial charge on any atom is -0.486 e. The fraction of sp³-hybridized carbons (Fsp3) is 0.286. The number of carbonyl (C=O) groups is 1. The predicted molar refractivity (Wildman–Crippen MR) is 73.3 cm³/mol. The van der Waals surface area contributed by atoms with Crippen LogP contribution < -0.4 is 14.8 Å². The van der Waals surface area contributed by atoms with Gasteiger partial charge in [-0.2, -0.15) is 18.3 Å². The van der Waals surface area contributed by atoms with Gasteiger partial charge in [-0.1, -0.05) is 12.1 Å². The molecule has 1 N–H and O–H groups in total. The highest BCUT2D eigenvalue weighted by Crippen LogP contribution is 2.31. The van der Waals surface area contributed by atoms with E-state index in [0.717, 1.165) is 6.20 Å². The van der Waals surface area contributed by atoms with Crippen molar-refractivity contribution in [3.8, 4) is 11.5 Å². The first-order valence-electron chi connectivity index (χ1n) is 6.71. The monoisotopic (exact) mass is 327 g/mol. The molecule has 1 amide bonds. The number of alkyl halides is 3. The van der Waals surface area contributed by atoms with Crippen molar-refractivity contribution in [1.82, 2.24) is 9.78 Å². The zero-order chi connectivity index (χ0) is 16.4. The Morgan fingerprint density at radius 1 is 1.35 bits per heavy atom. The van der Waals surface area contributed by atoms with Crippen LogP contribution in [-0.2, 0) is 11.3 Å². The Morgan fingerprint density at radius 2 is 2.09 bits per heavy atom. The number of fused-ring (bicyclic) bond motifs is 1. The van der Waals surface area contributed by atoms with Gasteiger partial charge in [-0.3, -0.25) is 9.48 Å². The number of hydrogen-bond acceptors (Lipinski definition) is 4. The van der Waals surface area contributed by atoms with Crippen LogP contribution in [0.25, 0.3) is 0 Å². The van der Waals surface area contributed by atoms with E-state index in [-0.39, 0.29) is 18.3 Å². The van der Waals surface area contributed by atoms with Gasteiger partial charge in [0.25, 0.3) is 0 Å². The number of para-hydroxylation sites is 2. The second-order valence-corrected chi connectivity index (χ2v) is 4.90. The van der Waals surface area contributed by atoms with Crippen LogP contribution in [0.15, 0.2) is 36.7 Å². The van der Waals surface area contributed by atoms with Crippen LogP contribution >= 0.6 is 0 Å². The summed E-state index contributed by atoms with van der Waals surface area (Å²) in [6.07, 6.45) is -2.84. The number of anilines is 1. The lowest BCUT2D eigenvalue weighted by Gasteiger charge is -2.26. The SMILES string of the molecule is O=C(Nc1cnn(CC2COc3ccccc3O2)c1)C(F)(F)F. The molecule has 2 heterocycles. The number of hydrogen-bond donors (Lipinski definition) is 1. The number of aromatic nitrogens is 2. The van der Waals surface area contributed by atoms with Crippen molar-refractivity contribution in [3.05, 3.63) is 36.7 Å². The molecule has 1 aliphatic heterocycles. The molecule has 0 aliphatic carbocycles. The maximum atomic E-state index is 12.2. The predicted octanol–water partition coefficient (Wildman–Crippen LogP) is 2.22. The lowest BCUT2D eigenvalue weighted by atomic mass is 10.2. The van der Waals surface area contributed by atoms with E-state index in [0.29, 0.717) is 18.1 Å². The van der Waals surface area contributed by atoms with Crippen LogP contribution in [0.4, 0.5) is 18.9 Å². The maximum Gasteiger partial charge on any atom is 0.471 e. The topological polar surface area (TPSA) is 65.4 Å². The Bertz CT molecular complexity index is 715. The molecule has 1 aliphatic rings. The minimum atomic E-state index is -4.94. The molecule has 0 spiro atoms. The lowest BCUT2D eigenvalue weighted by molar-refractivity contribution is -0.167. The fourth-order valence-corrected chi connectivity index (χ4v) is 2.09. The summed E-state index contributed by atoms with van der Waals surface area (Å²) >= 11 is 0. The van der Waals surface area contributed by atoms with Gasteiger partial charge in [0.2, 0.25) is 0 Å². The Balaban J connectivity index is 1.61. The summed E-state index contributed by atoms with van der Waals surface area (Å²) in [5.41, 5.74) is -0.0375. The molecule has 9 heteroatoms. The summed E-state index contributed by atoms with van der Waals surface area (Å²) in [5.74, 6) is -0.799. The summed E-state index contributed by atoms with van der Waals surface area (Å²) in [4.78, 5) is 10.9. The average Bonchev–Trinajstić information content (AvgIpc) is 2.93. The molecule has 0 radical (unpaired) electrons. The molecule has 2 aromatic rings. The number of benzene rings is 1. The molecule has 23 heavy (non-hydrogen) atoms. The number of rotatable bonds is 3. The molecule has 0 bridgehead atoms. The van der Waals surface area contributed by atoms with E-state index in [1.807, 2.05) is 12.1 Å². The van der Waals surface area contributed by atoms with Crippen molar-refractivity contribution in [2.75, 3.05) is 11.9 Å². The third-order valence-corrected chi connectivity index (χ3v) is 3.11. The third-order valence-electron chi connectivity index (χ3n) is 3.11. The van der Waals surface area contributed by atoms with E-state index in [2.05, 4.69) is 5.10 Å². The maximum absolute atomic E-state index is 12.2. The van der Waals surface area contributed by atoms with Gasteiger partial charge in [-0.15, -0.1) is 0 Å². The van der Waals surface area contributed by atoms with Gasteiger partial charge in [0.05, 0.1) is 18.4 Å². The molecule has 1 unspecified atom stereocenters. The first-order valence-corrected chi connectivity index (χ1v) is 6.71. The largest absolute Gasteiger partial charge is 0.486 e. The van der Waals surface area contributed by atoms with Crippen molar-refractivity contribution < 1.29 is 27.4 Å². The number of halogens is 3. The van der Waals surface area contributed by atoms with Crippen LogP contribution in [-0.4, -0.2) is 34.6 Å². The van der Waals surface area contributed by atoms with Crippen molar-refractivity contribution in [1.29, 1.82) is 0 Å². The molecular weight excluding hydrogens is 315 g/mol. The Morgan fingerprint density at radius 3 is 2.83 bits per heavy atom. The van der Waals surface area contributed by atoms with Gasteiger partial charge in [0, 0.05) is 6.20 Å². The molecule has 0 fully saturated rings. The molecule has 0 saturated carbocycles. The van der Waals surface area contributed by atoms with E-state index in [4.69, 9.17) is 9.47 Å². The van der Waals surface area contributed by atoms with Gasteiger partial charge in [-0.05, 0) is 12.1 Å². The summed E-state index contributed by atoms with van der Waals surface area (Å²) in [6, 6.07) is 7.18. The zero-order valence-corrected chi connectivity index (χ0v) is 11.7. The highest BCUT2D eigenvalue weighted by Gasteiger charge is 2.38. The number of carbonyl (C=O) groups excluding carboxylic acids is 1. The van der Waals surface area contributed by atoms with E-state index < -0.39 is 12.1 Å². The van der Waals surface area contributed by atoms with Crippen LogP contribution in [0.3, 0.4) is 0 Å². The number of nitrogens with zero attached hydrogens (tertiary/aromatic N) is 2.